The number of hydrogen-bond acceptors (Lipinski definition) is 2. The Balaban J connectivity index is 2.20. The van der Waals surface area contributed by atoms with Gasteiger partial charge >= 0.3 is 0 Å². The predicted octanol–water partition coefficient (Wildman–Crippen LogP) is -0.0678. The molecule has 2 atom stereocenters. The third-order valence-electron chi connectivity index (χ3n) is 2.03. The quantitative estimate of drug-likeness (QED) is 0.553. The number of nitrogens with zero attached hydrogens (tertiary/aromatic N) is 1. The van der Waals surface area contributed by atoms with E-state index in [1.165, 1.54) is 0 Å². The standard InChI is InChI=1S/C8H13NO/c1-3-4-9(2)8-5-7(8)6-10/h1,7-8,10H,4-6H2,2H3. The maximum atomic E-state index is 8.72. The van der Waals surface area contributed by atoms with Crippen molar-refractivity contribution in [2.75, 3.05) is 20.2 Å². The Labute approximate surface area is 61.8 Å². The molecule has 1 aliphatic rings. The van der Waals surface area contributed by atoms with Crippen LogP contribution in [0.1, 0.15) is 6.42 Å². The van der Waals surface area contributed by atoms with Crippen LogP contribution in [0.5, 0.6) is 0 Å². The molecule has 0 aromatic carbocycles. The van der Waals surface area contributed by atoms with Gasteiger partial charge in [0, 0.05) is 12.6 Å². The number of rotatable bonds is 3. The molecule has 0 spiro atoms. The maximum absolute atomic E-state index is 8.72. The van der Waals surface area contributed by atoms with Gasteiger partial charge in [-0.2, -0.15) is 0 Å². The second-order valence-corrected chi connectivity index (χ2v) is 2.86. The summed E-state index contributed by atoms with van der Waals surface area (Å²) in [4.78, 5) is 2.11. The molecule has 1 aliphatic carbocycles. The van der Waals surface area contributed by atoms with Crippen molar-refractivity contribution in [3.8, 4) is 12.3 Å². The fourth-order valence-corrected chi connectivity index (χ4v) is 1.23. The van der Waals surface area contributed by atoms with Crippen molar-refractivity contribution in [1.29, 1.82) is 0 Å². The van der Waals surface area contributed by atoms with Crippen LogP contribution in [0.2, 0.25) is 0 Å². The van der Waals surface area contributed by atoms with Crippen LogP contribution in [-0.4, -0.2) is 36.2 Å². The molecule has 2 heteroatoms. The van der Waals surface area contributed by atoms with Crippen molar-refractivity contribution in [2.24, 2.45) is 5.92 Å². The van der Waals surface area contributed by atoms with Gasteiger partial charge in [-0.25, -0.2) is 0 Å². The van der Waals surface area contributed by atoms with Crippen LogP contribution in [-0.2, 0) is 0 Å². The summed E-state index contributed by atoms with van der Waals surface area (Å²) in [6.07, 6.45) is 6.23. The van der Waals surface area contributed by atoms with Crippen molar-refractivity contribution < 1.29 is 5.11 Å². The molecule has 0 aliphatic heterocycles. The van der Waals surface area contributed by atoms with Crippen molar-refractivity contribution in [3.63, 3.8) is 0 Å². The Kier molecular flexibility index (Phi) is 2.31. The average molecular weight is 139 g/mol. The number of aliphatic hydroxyl groups is 1. The van der Waals surface area contributed by atoms with Crippen molar-refractivity contribution in [2.45, 2.75) is 12.5 Å². The van der Waals surface area contributed by atoms with Gasteiger partial charge in [0.1, 0.15) is 0 Å². The maximum Gasteiger partial charge on any atom is 0.0598 e. The third-order valence-corrected chi connectivity index (χ3v) is 2.03. The first-order valence-electron chi connectivity index (χ1n) is 3.54. The smallest absolute Gasteiger partial charge is 0.0598 e. The van der Waals surface area contributed by atoms with E-state index < -0.39 is 0 Å². The van der Waals surface area contributed by atoms with Crippen LogP contribution in [0, 0.1) is 18.3 Å². The van der Waals surface area contributed by atoms with E-state index in [0.29, 0.717) is 25.1 Å². The molecule has 0 radical (unpaired) electrons. The van der Waals surface area contributed by atoms with Crippen LogP contribution in [0.25, 0.3) is 0 Å². The number of hydrogen-bond donors (Lipinski definition) is 1. The summed E-state index contributed by atoms with van der Waals surface area (Å²) in [5.41, 5.74) is 0. The highest BCUT2D eigenvalue weighted by Crippen LogP contribution is 2.33. The molecule has 1 N–H and O–H groups in total. The van der Waals surface area contributed by atoms with Crippen molar-refractivity contribution >= 4 is 0 Å². The second-order valence-electron chi connectivity index (χ2n) is 2.86. The molecule has 1 saturated carbocycles. The third kappa shape index (κ3) is 1.50. The summed E-state index contributed by atoms with van der Waals surface area (Å²) >= 11 is 0. The van der Waals surface area contributed by atoms with Gasteiger partial charge in [0.25, 0.3) is 0 Å². The lowest BCUT2D eigenvalue weighted by molar-refractivity contribution is 0.248. The molecule has 0 amide bonds. The normalized spacial score (nSPS) is 30.2. The molecule has 0 saturated heterocycles. The average Bonchev–Trinajstić information content (AvgIpc) is 2.66. The SMILES string of the molecule is C#CCN(C)C1CC1CO. The molecule has 56 valence electrons. The first kappa shape index (κ1) is 7.59. The Morgan fingerprint density at radius 2 is 2.50 bits per heavy atom. The second kappa shape index (κ2) is 3.05. The molecular formula is C8H13NO. The van der Waals surface area contributed by atoms with E-state index in [1.807, 2.05) is 7.05 Å². The summed E-state index contributed by atoms with van der Waals surface area (Å²) < 4.78 is 0. The summed E-state index contributed by atoms with van der Waals surface area (Å²) in [5.74, 6) is 3.06. The van der Waals surface area contributed by atoms with Crippen LogP contribution in [0.15, 0.2) is 0 Å². The Morgan fingerprint density at radius 3 is 2.90 bits per heavy atom. The van der Waals surface area contributed by atoms with E-state index in [0.717, 1.165) is 6.42 Å². The molecule has 0 aromatic rings. The minimum absolute atomic E-state index is 0.305. The van der Waals surface area contributed by atoms with Gasteiger partial charge in [-0.05, 0) is 19.4 Å². The molecule has 1 fully saturated rings. The lowest BCUT2D eigenvalue weighted by Crippen LogP contribution is -2.23. The van der Waals surface area contributed by atoms with E-state index >= 15 is 0 Å². The van der Waals surface area contributed by atoms with Gasteiger partial charge in [-0.1, -0.05) is 5.92 Å². The zero-order valence-electron chi connectivity index (χ0n) is 6.25. The number of terminal acetylenes is 1. The monoisotopic (exact) mass is 139 g/mol. The molecule has 2 unspecified atom stereocenters. The predicted molar refractivity (Wildman–Crippen MR) is 40.4 cm³/mol. The van der Waals surface area contributed by atoms with Crippen LogP contribution in [0.3, 0.4) is 0 Å². The molecule has 0 heterocycles. The van der Waals surface area contributed by atoms with Crippen LogP contribution in [0.4, 0.5) is 0 Å². The zero-order valence-corrected chi connectivity index (χ0v) is 6.25. The highest BCUT2D eigenvalue weighted by atomic mass is 16.3. The fourth-order valence-electron chi connectivity index (χ4n) is 1.23. The Bertz CT molecular complexity index is 150. The van der Waals surface area contributed by atoms with Gasteiger partial charge in [-0.15, -0.1) is 6.42 Å². The van der Waals surface area contributed by atoms with Crippen molar-refractivity contribution in [3.05, 3.63) is 0 Å². The van der Waals surface area contributed by atoms with Gasteiger partial charge < -0.3 is 5.11 Å². The molecule has 2 nitrogen and oxygen atoms in total. The summed E-state index contributed by atoms with van der Waals surface area (Å²) in [5, 5.41) is 8.72. The molecule has 10 heavy (non-hydrogen) atoms. The Hall–Kier alpha value is -0.520. The highest BCUT2D eigenvalue weighted by Gasteiger charge is 2.38. The molecule has 0 bridgehead atoms. The van der Waals surface area contributed by atoms with Gasteiger partial charge in [0.05, 0.1) is 6.54 Å². The first-order valence-corrected chi connectivity index (χ1v) is 3.54. The van der Waals surface area contributed by atoms with Gasteiger partial charge in [0.15, 0.2) is 0 Å². The minimum Gasteiger partial charge on any atom is -0.396 e. The lowest BCUT2D eigenvalue weighted by atomic mass is 10.4. The molecular weight excluding hydrogens is 126 g/mol. The summed E-state index contributed by atoms with van der Waals surface area (Å²) in [6, 6.07) is 0.543. The van der Waals surface area contributed by atoms with E-state index in [4.69, 9.17) is 11.5 Å². The van der Waals surface area contributed by atoms with E-state index in [-0.39, 0.29) is 0 Å². The number of aliphatic hydroxyl groups excluding tert-OH is 1. The zero-order chi connectivity index (χ0) is 7.56. The van der Waals surface area contributed by atoms with Gasteiger partial charge in [0.2, 0.25) is 0 Å². The Morgan fingerprint density at radius 1 is 1.80 bits per heavy atom. The van der Waals surface area contributed by atoms with Gasteiger partial charge in [-0.3, -0.25) is 4.90 Å². The topological polar surface area (TPSA) is 23.5 Å². The van der Waals surface area contributed by atoms with E-state index in [9.17, 15) is 0 Å². The van der Waals surface area contributed by atoms with Crippen LogP contribution >= 0.6 is 0 Å². The first-order chi connectivity index (χ1) is 4.79. The fraction of sp³-hybridized carbons (Fsp3) is 0.750. The van der Waals surface area contributed by atoms with Crippen molar-refractivity contribution in [1.82, 2.24) is 4.90 Å². The summed E-state index contributed by atoms with van der Waals surface area (Å²) in [7, 11) is 2.00. The largest absolute Gasteiger partial charge is 0.396 e. The minimum atomic E-state index is 0.305. The lowest BCUT2D eigenvalue weighted by Gasteiger charge is -2.11. The summed E-state index contributed by atoms with van der Waals surface area (Å²) in [6.45, 7) is 1.00. The van der Waals surface area contributed by atoms with E-state index in [2.05, 4.69) is 10.8 Å². The van der Waals surface area contributed by atoms with E-state index in [1.54, 1.807) is 0 Å². The molecule has 1 rings (SSSR count). The highest BCUT2D eigenvalue weighted by molar-refractivity contribution is 4.98. The molecule has 0 aromatic heterocycles. The van der Waals surface area contributed by atoms with Crippen LogP contribution < -0.4 is 0 Å².